The van der Waals surface area contributed by atoms with E-state index in [1.807, 2.05) is 72.8 Å². The molecule has 0 aliphatic rings. The molecule has 0 fully saturated rings. The number of aromatic nitrogens is 3. The van der Waals surface area contributed by atoms with Crippen LogP contribution in [0.4, 0.5) is 17.1 Å². The number of anilines is 3. The summed E-state index contributed by atoms with van der Waals surface area (Å²) in [5.74, 6) is 0.848. The molecule has 0 amide bonds. The van der Waals surface area contributed by atoms with Crippen LogP contribution in [0.25, 0.3) is 78.0 Å². The van der Waals surface area contributed by atoms with Crippen molar-refractivity contribution < 1.29 is 26.3 Å². The average Bonchev–Trinajstić information content (AvgIpc) is 3.75. The van der Waals surface area contributed by atoms with Crippen LogP contribution >= 0.6 is 0 Å². The molecule has 0 radical (unpaired) electrons. The maximum absolute atomic E-state index is 9.84. The lowest BCUT2D eigenvalue weighted by Crippen LogP contribution is -2.09. The van der Waals surface area contributed by atoms with Gasteiger partial charge in [-0.1, -0.05) is 133 Å². The van der Waals surface area contributed by atoms with Gasteiger partial charge < -0.3 is 9.32 Å². The number of para-hydroxylation sites is 3. The van der Waals surface area contributed by atoms with Crippen LogP contribution in [-0.2, 0) is 0 Å². The summed E-state index contributed by atoms with van der Waals surface area (Å²) < 4.78 is 150. The smallest absolute Gasteiger partial charge is 0.164 e. The molecular weight excluding hydrogens is 661 g/mol. The van der Waals surface area contributed by atoms with Gasteiger partial charge in [0, 0.05) is 44.5 Å². The Hall–Kier alpha value is -7.37. The van der Waals surface area contributed by atoms with Gasteiger partial charge in [-0.05, 0) is 82.4 Å². The first kappa shape index (κ1) is 18.9. The molecule has 0 saturated carbocycles. The fourth-order valence-electron chi connectivity index (χ4n) is 6.27. The Kier molecular flexibility index (Phi) is 4.66. The number of hydrogen-bond acceptors (Lipinski definition) is 5. The highest BCUT2D eigenvalue weighted by molar-refractivity contribution is 6.13. The molecule has 8 aromatic carbocycles. The second kappa shape index (κ2) is 13.3. The summed E-state index contributed by atoms with van der Waals surface area (Å²) in [4.78, 5) is 15.3. The Balaban J connectivity index is 1.31. The van der Waals surface area contributed by atoms with Gasteiger partial charge in [-0.25, -0.2) is 15.0 Å². The van der Waals surface area contributed by atoms with E-state index in [0.717, 1.165) is 0 Å². The Morgan fingerprint density at radius 1 is 0.444 bits per heavy atom. The third kappa shape index (κ3) is 5.74. The first-order chi connectivity index (χ1) is 33.4. The summed E-state index contributed by atoms with van der Waals surface area (Å²) in [6.45, 7) is 0. The zero-order valence-corrected chi connectivity index (χ0v) is 27.9. The molecule has 0 bridgehead atoms. The van der Waals surface area contributed by atoms with Crippen LogP contribution in [0, 0.1) is 0 Å². The quantitative estimate of drug-likeness (QED) is 0.165. The van der Waals surface area contributed by atoms with Crippen molar-refractivity contribution in [3.63, 3.8) is 0 Å². The van der Waals surface area contributed by atoms with Crippen molar-refractivity contribution in [1.29, 1.82) is 0 Å². The van der Waals surface area contributed by atoms with Gasteiger partial charge in [-0.3, -0.25) is 0 Å². The number of furan rings is 1. The number of rotatable bonds is 7. The van der Waals surface area contributed by atoms with E-state index in [1.54, 1.807) is 24.3 Å². The van der Waals surface area contributed by atoms with Crippen molar-refractivity contribution in [2.75, 3.05) is 4.90 Å². The molecule has 0 spiro atoms. The summed E-state index contributed by atoms with van der Waals surface area (Å²) in [6, 6.07) is 15.5. The van der Waals surface area contributed by atoms with Crippen LogP contribution in [0.2, 0.25) is 0 Å². The zero-order valence-electron chi connectivity index (χ0n) is 43.9. The molecular formula is C49H32N4O. The number of fused-ring (bicyclic) bond motifs is 4. The first-order valence-electron chi connectivity index (χ1n) is 24.7. The number of nitrogens with zero attached hydrogens (tertiary/aromatic N) is 4. The Labute approximate surface area is 335 Å². The molecule has 0 aliphatic carbocycles. The molecule has 254 valence electrons. The van der Waals surface area contributed by atoms with E-state index in [4.69, 9.17) is 33.1 Å². The molecule has 54 heavy (non-hydrogen) atoms. The molecule has 0 atom stereocenters. The Morgan fingerprint density at radius 2 is 1.04 bits per heavy atom. The molecule has 5 nitrogen and oxygen atoms in total. The third-order valence-electron chi connectivity index (χ3n) is 8.71. The third-order valence-corrected chi connectivity index (χ3v) is 8.71. The standard InChI is InChI=1S/C49H32N4O/c1-5-15-34(16-6-1)47-50-48(35-17-7-2-8-18-35)52-49(51-47)43-31-38(32-45-46(43)42-23-13-14-24-44(42)54-45)36-26-25-33-27-28-41(30-37(33)29-36)53(39-19-9-3-10-20-39)40-21-11-4-12-22-40/h1-32H/i3D,4D,9D,10D,11D,12D,19D,20D,21D,22D,25D,26D,27D,28D,29D,30D. The predicted molar refractivity (Wildman–Crippen MR) is 221 cm³/mol. The molecule has 0 unspecified atom stereocenters. The van der Waals surface area contributed by atoms with Crippen LogP contribution in [0.1, 0.15) is 21.9 Å². The lowest BCUT2D eigenvalue weighted by atomic mass is 9.96. The highest BCUT2D eigenvalue weighted by Crippen LogP contribution is 2.41. The molecule has 10 aromatic rings. The fourth-order valence-corrected chi connectivity index (χ4v) is 6.27. The van der Waals surface area contributed by atoms with Crippen LogP contribution in [0.15, 0.2) is 198 Å². The van der Waals surface area contributed by atoms with Crippen molar-refractivity contribution in [3.05, 3.63) is 194 Å². The van der Waals surface area contributed by atoms with E-state index in [0.29, 0.717) is 49.6 Å². The van der Waals surface area contributed by atoms with Gasteiger partial charge in [0.1, 0.15) is 11.2 Å². The van der Waals surface area contributed by atoms with Gasteiger partial charge >= 0.3 is 0 Å². The van der Waals surface area contributed by atoms with E-state index in [1.165, 1.54) is 0 Å². The lowest BCUT2D eigenvalue weighted by molar-refractivity contribution is 0.669. The van der Waals surface area contributed by atoms with Crippen LogP contribution in [-0.4, -0.2) is 15.0 Å². The van der Waals surface area contributed by atoms with E-state index >= 15 is 0 Å². The number of hydrogen-bond donors (Lipinski definition) is 0. The van der Waals surface area contributed by atoms with Gasteiger partial charge in [0.2, 0.25) is 0 Å². The zero-order chi connectivity index (χ0) is 49.8. The SMILES string of the molecule is [2H]c1c([2H])c([2H])c(N(c2c([2H])c([2H])c([2H])c([2H])c2[2H])c2c([2H])c([2H])c3c([2H])c([2H])c(-c4cc(-c5nc(-c6ccccc6)nc(-c6ccccc6)n5)c5c(c4)oc4ccccc45)c([2H])c3c2[2H])c([2H])c1[2H]. The summed E-state index contributed by atoms with van der Waals surface area (Å²) >= 11 is 0. The first-order valence-corrected chi connectivity index (χ1v) is 16.7. The second-order valence-electron chi connectivity index (χ2n) is 12.0. The Morgan fingerprint density at radius 3 is 1.70 bits per heavy atom. The van der Waals surface area contributed by atoms with Crippen LogP contribution in [0.5, 0.6) is 0 Å². The van der Waals surface area contributed by atoms with Crippen LogP contribution in [0.3, 0.4) is 0 Å². The molecule has 2 heterocycles. The largest absolute Gasteiger partial charge is 0.456 e. The topological polar surface area (TPSA) is 55.1 Å². The van der Waals surface area contributed by atoms with Crippen molar-refractivity contribution in [2.24, 2.45) is 0 Å². The highest BCUT2D eigenvalue weighted by Gasteiger charge is 2.20. The van der Waals surface area contributed by atoms with E-state index < -0.39 is 125 Å². The van der Waals surface area contributed by atoms with E-state index in [9.17, 15) is 8.22 Å². The molecule has 0 N–H and O–H groups in total. The van der Waals surface area contributed by atoms with Crippen molar-refractivity contribution in [1.82, 2.24) is 15.0 Å². The summed E-state index contributed by atoms with van der Waals surface area (Å²) in [5.41, 5.74) is -0.0651. The molecule has 5 heteroatoms. The minimum absolute atomic E-state index is 0.116. The summed E-state index contributed by atoms with van der Waals surface area (Å²) in [6.07, 6.45) is 0. The lowest BCUT2D eigenvalue weighted by Gasteiger charge is -2.25. The van der Waals surface area contributed by atoms with Crippen LogP contribution < -0.4 is 4.90 Å². The maximum atomic E-state index is 9.84. The van der Waals surface area contributed by atoms with Gasteiger partial charge in [0.05, 0.1) is 21.9 Å². The fraction of sp³-hybridized carbons (Fsp3) is 0. The molecule has 0 saturated heterocycles. The second-order valence-corrected chi connectivity index (χ2v) is 12.0. The van der Waals surface area contributed by atoms with Crippen molar-refractivity contribution >= 4 is 49.8 Å². The minimum Gasteiger partial charge on any atom is -0.456 e. The van der Waals surface area contributed by atoms with Gasteiger partial charge in [0.15, 0.2) is 17.5 Å². The molecule has 2 aromatic heterocycles. The van der Waals surface area contributed by atoms with E-state index in [2.05, 4.69) is 0 Å². The van der Waals surface area contributed by atoms with Crippen molar-refractivity contribution in [3.8, 4) is 45.3 Å². The van der Waals surface area contributed by atoms with Gasteiger partial charge in [0.25, 0.3) is 0 Å². The Bertz CT molecular complexity index is 3690. The van der Waals surface area contributed by atoms with E-state index in [-0.39, 0.29) is 22.5 Å². The molecule has 10 rings (SSSR count). The number of benzene rings is 8. The minimum atomic E-state index is -0.937. The highest BCUT2D eigenvalue weighted by atomic mass is 16.3. The molecule has 0 aliphatic heterocycles. The maximum Gasteiger partial charge on any atom is 0.164 e. The van der Waals surface area contributed by atoms with Crippen molar-refractivity contribution in [2.45, 2.75) is 0 Å². The summed E-state index contributed by atoms with van der Waals surface area (Å²) in [7, 11) is 0. The van der Waals surface area contributed by atoms with Gasteiger partial charge in [-0.15, -0.1) is 0 Å². The summed E-state index contributed by atoms with van der Waals surface area (Å²) in [5, 5.41) is 0.263. The van der Waals surface area contributed by atoms with Gasteiger partial charge in [-0.2, -0.15) is 0 Å². The normalized spacial score (nSPS) is 15.5. The average molecular weight is 709 g/mol. The predicted octanol–water partition coefficient (Wildman–Crippen LogP) is 13.1. The monoisotopic (exact) mass is 708 g/mol.